The van der Waals surface area contributed by atoms with Crippen LogP contribution in [0.4, 0.5) is 0 Å². The van der Waals surface area contributed by atoms with Crippen molar-refractivity contribution in [2.75, 3.05) is 13.2 Å². The maximum atomic E-state index is 5.53. The highest BCUT2D eigenvalue weighted by Crippen LogP contribution is 2.18. The van der Waals surface area contributed by atoms with E-state index in [0.717, 1.165) is 26.1 Å². The number of hydrogen-bond acceptors (Lipinski definition) is 2. The van der Waals surface area contributed by atoms with Crippen molar-refractivity contribution >= 4 is 0 Å². The average Bonchev–Trinajstić information content (AvgIpc) is 2.21. The van der Waals surface area contributed by atoms with Crippen LogP contribution < -0.4 is 0 Å². The van der Waals surface area contributed by atoms with E-state index >= 15 is 0 Å². The van der Waals surface area contributed by atoms with Gasteiger partial charge in [-0.25, -0.2) is 0 Å². The molecule has 0 bridgehead atoms. The third kappa shape index (κ3) is 2.93. The molecule has 0 aromatic heterocycles. The van der Waals surface area contributed by atoms with Gasteiger partial charge in [-0.15, -0.1) is 0 Å². The Kier molecular flexibility index (Phi) is 3.58. The van der Waals surface area contributed by atoms with Crippen LogP contribution in [0, 0.1) is 0 Å². The summed E-state index contributed by atoms with van der Waals surface area (Å²) in [6.07, 6.45) is 7.30. The normalized spacial score (nSPS) is 36.0. The highest BCUT2D eigenvalue weighted by Gasteiger charge is 2.26. The SMILES string of the molecule is C1CCC([OH+]C2CCCCO2)OC1. The summed E-state index contributed by atoms with van der Waals surface area (Å²) in [7, 11) is 0. The predicted octanol–water partition coefficient (Wildman–Crippen LogP) is 1.57. The summed E-state index contributed by atoms with van der Waals surface area (Å²) in [5, 5.41) is 0. The lowest BCUT2D eigenvalue weighted by Gasteiger charge is -2.26. The van der Waals surface area contributed by atoms with Crippen LogP contribution in [0.2, 0.25) is 0 Å². The highest BCUT2D eigenvalue weighted by atomic mass is 16.8. The lowest BCUT2D eigenvalue weighted by Crippen LogP contribution is -2.35. The molecule has 2 aliphatic rings. The minimum atomic E-state index is 0.122. The van der Waals surface area contributed by atoms with E-state index in [1.807, 2.05) is 0 Å². The molecule has 0 amide bonds. The number of rotatable bonds is 2. The Bertz CT molecular complexity index is 121. The van der Waals surface area contributed by atoms with Crippen molar-refractivity contribution in [3.8, 4) is 0 Å². The molecule has 2 saturated heterocycles. The van der Waals surface area contributed by atoms with Gasteiger partial charge >= 0.3 is 0 Å². The van der Waals surface area contributed by atoms with E-state index in [0.29, 0.717) is 0 Å². The molecule has 2 fully saturated rings. The molecule has 2 atom stereocenters. The second-order valence-electron chi connectivity index (χ2n) is 3.79. The molecular weight excluding hydrogens is 168 g/mol. The van der Waals surface area contributed by atoms with E-state index in [4.69, 9.17) is 9.47 Å². The van der Waals surface area contributed by atoms with Crippen LogP contribution in [0.1, 0.15) is 38.5 Å². The molecule has 2 rings (SSSR count). The highest BCUT2D eigenvalue weighted by molar-refractivity contribution is 4.57. The molecule has 13 heavy (non-hydrogen) atoms. The van der Waals surface area contributed by atoms with Crippen molar-refractivity contribution in [2.45, 2.75) is 51.1 Å². The van der Waals surface area contributed by atoms with Gasteiger partial charge in [0.2, 0.25) is 0 Å². The Labute approximate surface area is 79.4 Å². The molecule has 2 heterocycles. The maximum absolute atomic E-state index is 5.53. The first kappa shape index (κ1) is 9.44. The van der Waals surface area contributed by atoms with Gasteiger partial charge in [-0.2, -0.15) is 0 Å². The third-order valence-electron chi connectivity index (χ3n) is 2.64. The van der Waals surface area contributed by atoms with Crippen LogP contribution in [0.25, 0.3) is 0 Å². The van der Waals surface area contributed by atoms with Crippen molar-refractivity contribution in [3.05, 3.63) is 0 Å². The minimum Gasteiger partial charge on any atom is -0.386 e. The summed E-state index contributed by atoms with van der Waals surface area (Å²) >= 11 is 0. The molecule has 0 radical (unpaired) electrons. The van der Waals surface area contributed by atoms with Gasteiger partial charge in [0.15, 0.2) is 0 Å². The fourth-order valence-corrected chi connectivity index (χ4v) is 1.87. The molecule has 76 valence electrons. The Balaban J connectivity index is 1.69. The zero-order chi connectivity index (χ0) is 8.93. The number of hydrogen-bond donors (Lipinski definition) is 0. The van der Waals surface area contributed by atoms with Crippen LogP contribution in [-0.2, 0) is 9.47 Å². The van der Waals surface area contributed by atoms with Gasteiger partial charge in [-0.3, -0.25) is 0 Å². The topological polar surface area (TPSA) is 31.3 Å². The zero-order valence-electron chi connectivity index (χ0n) is 8.08. The molecule has 2 unspecified atom stereocenters. The second-order valence-corrected chi connectivity index (χ2v) is 3.79. The monoisotopic (exact) mass is 187 g/mol. The Morgan fingerprint density at radius 1 is 0.769 bits per heavy atom. The van der Waals surface area contributed by atoms with Crippen LogP contribution >= 0.6 is 0 Å². The molecule has 1 N–H and O–H groups in total. The standard InChI is InChI=1S/C10H18O3/c1-3-7-11-9(5-1)13-10-6-2-4-8-12-10/h9-10H,1-8H2/p+1. The van der Waals surface area contributed by atoms with Crippen LogP contribution in [0.5, 0.6) is 0 Å². The van der Waals surface area contributed by atoms with Gasteiger partial charge in [0.1, 0.15) is 0 Å². The summed E-state index contributed by atoms with van der Waals surface area (Å²) in [4.78, 5) is 0. The molecule has 0 spiro atoms. The lowest BCUT2D eigenvalue weighted by molar-refractivity contribution is -0.352. The summed E-state index contributed by atoms with van der Waals surface area (Å²) < 4.78 is 15.6. The summed E-state index contributed by atoms with van der Waals surface area (Å²) in [5.41, 5.74) is 0. The van der Waals surface area contributed by atoms with Gasteiger partial charge in [-0.05, 0) is 25.7 Å². The Hall–Kier alpha value is -0.120. The number of aliphatic hydroxyl groups is 2. The molecular formula is C10H19O3+. The van der Waals surface area contributed by atoms with Crippen molar-refractivity contribution in [1.82, 2.24) is 0 Å². The van der Waals surface area contributed by atoms with Gasteiger partial charge in [0, 0.05) is 12.8 Å². The molecule has 0 aromatic carbocycles. The maximum Gasteiger partial charge on any atom is 0.266 e. The van der Waals surface area contributed by atoms with Crippen molar-refractivity contribution in [2.24, 2.45) is 0 Å². The zero-order valence-corrected chi connectivity index (χ0v) is 8.08. The van der Waals surface area contributed by atoms with Gasteiger partial charge < -0.3 is 14.2 Å². The van der Waals surface area contributed by atoms with Crippen LogP contribution in [0.15, 0.2) is 0 Å². The second kappa shape index (κ2) is 4.94. The third-order valence-corrected chi connectivity index (χ3v) is 2.64. The van der Waals surface area contributed by atoms with Gasteiger partial charge in [0.05, 0.1) is 13.2 Å². The first-order chi connectivity index (χ1) is 6.45. The molecule has 3 nitrogen and oxygen atoms in total. The van der Waals surface area contributed by atoms with Gasteiger partial charge in [-0.1, -0.05) is 0 Å². The summed E-state index contributed by atoms with van der Waals surface area (Å²) in [6, 6.07) is 0. The molecule has 0 aliphatic carbocycles. The lowest BCUT2D eigenvalue weighted by atomic mass is 10.2. The van der Waals surface area contributed by atoms with Crippen molar-refractivity contribution in [3.63, 3.8) is 0 Å². The average molecular weight is 187 g/mol. The fourth-order valence-electron chi connectivity index (χ4n) is 1.87. The van der Waals surface area contributed by atoms with E-state index in [9.17, 15) is 0 Å². The van der Waals surface area contributed by atoms with E-state index < -0.39 is 0 Å². The van der Waals surface area contributed by atoms with Crippen LogP contribution in [0.3, 0.4) is 0 Å². The Morgan fingerprint density at radius 2 is 1.31 bits per heavy atom. The Morgan fingerprint density at radius 3 is 1.69 bits per heavy atom. The minimum absolute atomic E-state index is 0.122. The predicted molar refractivity (Wildman–Crippen MR) is 49.4 cm³/mol. The van der Waals surface area contributed by atoms with Gasteiger partial charge in [0.25, 0.3) is 12.6 Å². The quantitative estimate of drug-likeness (QED) is 0.614. The fraction of sp³-hybridized carbons (Fsp3) is 1.00. The molecule has 0 saturated carbocycles. The summed E-state index contributed by atoms with van der Waals surface area (Å²) in [5.74, 6) is 0. The van der Waals surface area contributed by atoms with E-state index in [-0.39, 0.29) is 12.6 Å². The van der Waals surface area contributed by atoms with Crippen molar-refractivity contribution < 1.29 is 14.2 Å². The smallest absolute Gasteiger partial charge is 0.266 e. The van der Waals surface area contributed by atoms with Crippen LogP contribution in [-0.4, -0.2) is 30.5 Å². The first-order valence-electron chi connectivity index (χ1n) is 5.38. The molecule has 0 aromatic rings. The largest absolute Gasteiger partial charge is 0.386 e. The van der Waals surface area contributed by atoms with E-state index in [1.54, 1.807) is 0 Å². The van der Waals surface area contributed by atoms with E-state index in [1.165, 1.54) is 25.7 Å². The van der Waals surface area contributed by atoms with E-state index in [2.05, 4.69) is 4.74 Å². The molecule has 3 heteroatoms. The molecule has 2 aliphatic heterocycles. The number of ether oxygens (including phenoxy) is 3. The van der Waals surface area contributed by atoms with Crippen molar-refractivity contribution in [1.29, 1.82) is 0 Å². The first-order valence-corrected chi connectivity index (χ1v) is 5.38. The summed E-state index contributed by atoms with van der Waals surface area (Å²) in [6.45, 7) is 1.75.